The van der Waals surface area contributed by atoms with Gasteiger partial charge in [-0.1, -0.05) is 12.1 Å². The summed E-state index contributed by atoms with van der Waals surface area (Å²) in [5.41, 5.74) is 3.21. The third kappa shape index (κ3) is 2.90. The summed E-state index contributed by atoms with van der Waals surface area (Å²) in [6.07, 6.45) is 3.50. The molecule has 1 aromatic heterocycles. The molecular weight excluding hydrogens is 307 g/mol. The van der Waals surface area contributed by atoms with Crippen molar-refractivity contribution >= 4 is 5.97 Å². The molecule has 0 spiro atoms. The predicted octanol–water partition coefficient (Wildman–Crippen LogP) is 3.94. The molecule has 3 aromatic rings. The molecule has 0 atom stereocenters. The van der Waals surface area contributed by atoms with Gasteiger partial charge in [0.15, 0.2) is 0 Å². The lowest BCUT2D eigenvalue weighted by molar-refractivity contribution is 0.0600. The van der Waals surface area contributed by atoms with Crippen LogP contribution in [0.25, 0.3) is 16.8 Å². The first kappa shape index (κ1) is 15.5. The first-order valence-electron chi connectivity index (χ1n) is 7.19. The molecule has 0 bridgehead atoms. The van der Waals surface area contributed by atoms with Crippen LogP contribution in [0.1, 0.15) is 15.9 Å². The van der Waals surface area contributed by atoms with E-state index in [1.54, 1.807) is 53.4 Å². The normalized spacial score (nSPS) is 10.2. The zero-order chi connectivity index (χ0) is 17.1. The molecule has 0 N–H and O–H groups in total. The van der Waals surface area contributed by atoms with E-state index in [2.05, 4.69) is 10.8 Å². The largest absolute Gasteiger partial charge is 0.465 e. The first-order valence-corrected chi connectivity index (χ1v) is 7.19. The molecule has 0 radical (unpaired) electrons. The third-order valence-electron chi connectivity index (χ3n) is 3.69. The van der Waals surface area contributed by atoms with Gasteiger partial charge in [-0.25, -0.2) is 9.18 Å². The van der Waals surface area contributed by atoms with E-state index in [1.165, 1.54) is 19.2 Å². The molecule has 0 aliphatic rings. The van der Waals surface area contributed by atoms with Crippen molar-refractivity contribution in [3.05, 3.63) is 77.9 Å². The highest BCUT2D eigenvalue weighted by Gasteiger charge is 2.11. The Hall–Kier alpha value is -3.39. The summed E-state index contributed by atoms with van der Waals surface area (Å²) in [5.74, 6) is -0.728. The molecule has 0 saturated heterocycles. The fraction of sp³-hybridized carbons (Fsp3) is 0.0526. The lowest BCUT2D eigenvalue weighted by atomic mass is 10.1. The molecule has 2 aromatic carbocycles. The Morgan fingerprint density at radius 3 is 2.33 bits per heavy atom. The number of esters is 1. The zero-order valence-corrected chi connectivity index (χ0v) is 12.9. The number of nitriles is 1. The van der Waals surface area contributed by atoms with E-state index in [0.29, 0.717) is 11.1 Å². The molecule has 1 heterocycles. The van der Waals surface area contributed by atoms with E-state index >= 15 is 0 Å². The highest BCUT2D eigenvalue weighted by molar-refractivity contribution is 5.89. The fourth-order valence-electron chi connectivity index (χ4n) is 2.44. The van der Waals surface area contributed by atoms with Crippen molar-refractivity contribution in [2.75, 3.05) is 7.11 Å². The Morgan fingerprint density at radius 1 is 1.08 bits per heavy atom. The summed E-state index contributed by atoms with van der Waals surface area (Å²) in [6, 6.07) is 15.0. The SMILES string of the molecule is COC(=O)c1ccc(-n2cc(C#N)c(-c3ccc(F)cc3)c2)cc1. The standard InChI is InChI=1S/C19H13FN2O2/c1-24-19(23)14-4-8-17(9-5-14)22-11-15(10-21)18(12-22)13-2-6-16(20)7-3-13/h2-9,11-12H,1H3. The molecule has 0 saturated carbocycles. The van der Waals surface area contributed by atoms with Crippen molar-refractivity contribution in [2.24, 2.45) is 0 Å². The summed E-state index contributed by atoms with van der Waals surface area (Å²) in [4.78, 5) is 11.5. The van der Waals surface area contributed by atoms with Crippen LogP contribution < -0.4 is 0 Å². The number of rotatable bonds is 3. The molecule has 0 aliphatic heterocycles. The van der Waals surface area contributed by atoms with Gasteiger partial charge in [0.1, 0.15) is 11.9 Å². The maximum Gasteiger partial charge on any atom is 0.337 e. The number of carbonyl (C=O) groups is 1. The Kier molecular flexibility index (Phi) is 4.13. The fourth-order valence-corrected chi connectivity index (χ4v) is 2.44. The number of benzene rings is 2. The van der Waals surface area contributed by atoms with E-state index in [4.69, 9.17) is 0 Å². The van der Waals surface area contributed by atoms with Gasteiger partial charge < -0.3 is 9.30 Å². The number of ether oxygens (including phenoxy) is 1. The highest BCUT2D eigenvalue weighted by Crippen LogP contribution is 2.26. The minimum atomic E-state index is -0.404. The van der Waals surface area contributed by atoms with Gasteiger partial charge in [-0.3, -0.25) is 0 Å². The molecule has 0 fully saturated rings. The van der Waals surface area contributed by atoms with Crippen molar-refractivity contribution in [3.63, 3.8) is 0 Å². The van der Waals surface area contributed by atoms with Gasteiger partial charge in [0.25, 0.3) is 0 Å². The van der Waals surface area contributed by atoms with E-state index < -0.39 is 5.97 Å². The molecule has 0 aliphatic carbocycles. The van der Waals surface area contributed by atoms with Crippen LogP contribution in [-0.4, -0.2) is 17.6 Å². The Balaban J connectivity index is 1.99. The van der Waals surface area contributed by atoms with Gasteiger partial charge in [0.05, 0.1) is 18.2 Å². The quantitative estimate of drug-likeness (QED) is 0.687. The predicted molar refractivity (Wildman–Crippen MR) is 87.2 cm³/mol. The zero-order valence-electron chi connectivity index (χ0n) is 12.9. The van der Waals surface area contributed by atoms with Crippen LogP contribution in [0.15, 0.2) is 60.9 Å². The molecule has 4 nitrogen and oxygen atoms in total. The summed E-state index contributed by atoms with van der Waals surface area (Å²) in [7, 11) is 1.33. The van der Waals surface area contributed by atoms with E-state index in [-0.39, 0.29) is 5.82 Å². The minimum absolute atomic E-state index is 0.324. The third-order valence-corrected chi connectivity index (χ3v) is 3.69. The van der Waals surface area contributed by atoms with Crippen molar-refractivity contribution in [1.29, 1.82) is 5.26 Å². The lowest BCUT2D eigenvalue weighted by Gasteiger charge is -2.04. The van der Waals surface area contributed by atoms with Crippen molar-refractivity contribution in [2.45, 2.75) is 0 Å². The molecule has 24 heavy (non-hydrogen) atoms. The topological polar surface area (TPSA) is 55.0 Å². The van der Waals surface area contributed by atoms with Gasteiger partial charge in [-0.2, -0.15) is 5.26 Å². The van der Waals surface area contributed by atoms with Crippen LogP contribution in [0, 0.1) is 17.1 Å². The minimum Gasteiger partial charge on any atom is -0.465 e. The average molecular weight is 320 g/mol. The van der Waals surface area contributed by atoms with E-state index in [0.717, 1.165) is 16.8 Å². The number of aromatic nitrogens is 1. The maximum absolute atomic E-state index is 13.1. The maximum atomic E-state index is 13.1. The van der Waals surface area contributed by atoms with Gasteiger partial charge >= 0.3 is 5.97 Å². The Morgan fingerprint density at radius 2 is 1.75 bits per heavy atom. The monoisotopic (exact) mass is 320 g/mol. The summed E-state index contributed by atoms with van der Waals surface area (Å²) in [6.45, 7) is 0. The van der Waals surface area contributed by atoms with Crippen LogP contribution in [0.2, 0.25) is 0 Å². The second-order valence-electron chi connectivity index (χ2n) is 5.15. The van der Waals surface area contributed by atoms with Crippen LogP contribution in [0.4, 0.5) is 4.39 Å². The molecule has 0 unspecified atom stereocenters. The van der Waals surface area contributed by atoms with Gasteiger partial charge in [-0.15, -0.1) is 0 Å². The Bertz CT molecular complexity index is 919. The second-order valence-corrected chi connectivity index (χ2v) is 5.15. The first-order chi connectivity index (χ1) is 11.6. The number of nitrogens with zero attached hydrogens (tertiary/aromatic N) is 2. The second kappa shape index (κ2) is 6.39. The van der Waals surface area contributed by atoms with Crippen molar-refractivity contribution < 1.29 is 13.9 Å². The Labute approximate surface area is 138 Å². The lowest BCUT2D eigenvalue weighted by Crippen LogP contribution is -2.01. The smallest absolute Gasteiger partial charge is 0.337 e. The molecule has 0 amide bonds. The van der Waals surface area contributed by atoms with Crippen LogP contribution in [0.3, 0.4) is 0 Å². The van der Waals surface area contributed by atoms with E-state index in [1.807, 2.05) is 0 Å². The van der Waals surface area contributed by atoms with Crippen LogP contribution in [0.5, 0.6) is 0 Å². The van der Waals surface area contributed by atoms with Crippen molar-refractivity contribution in [3.8, 4) is 22.9 Å². The highest BCUT2D eigenvalue weighted by atomic mass is 19.1. The number of carbonyl (C=O) groups excluding carboxylic acids is 1. The van der Waals surface area contributed by atoms with Crippen LogP contribution in [-0.2, 0) is 4.74 Å². The number of hydrogen-bond donors (Lipinski definition) is 0. The van der Waals surface area contributed by atoms with Gasteiger partial charge in [0.2, 0.25) is 0 Å². The number of hydrogen-bond acceptors (Lipinski definition) is 3. The van der Waals surface area contributed by atoms with Crippen LogP contribution >= 0.6 is 0 Å². The van der Waals surface area contributed by atoms with Gasteiger partial charge in [-0.05, 0) is 42.0 Å². The summed E-state index contributed by atoms with van der Waals surface area (Å²) < 4.78 is 19.5. The summed E-state index contributed by atoms with van der Waals surface area (Å²) in [5, 5.41) is 9.34. The molecular formula is C19H13FN2O2. The average Bonchev–Trinajstić information content (AvgIpc) is 3.06. The number of halogens is 1. The summed E-state index contributed by atoms with van der Waals surface area (Å²) >= 11 is 0. The molecule has 5 heteroatoms. The van der Waals surface area contributed by atoms with E-state index in [9.17, 15) is 14.4 Å². The number of methoxy groups -OCH3 is 1. The van der Waals surface area contributed by atoms with Crippen molar-refractivity contribution in [1.82, 2.24) is 4.57 Å². The molecule has 118 valence electrons. The molecule has 3 rings (SSSR count). The van der Waals surface area contributed by atoms with Gasteiger partial charge in [0, 0.05) is 23.6 Å².